The maximum atomic E-state index is 12.5. The van der Waals surface area contributed by atoms with Gasteiger partial charge in [0.25, 0.3) is 0 Å². The topological polar surface area (TPSA) is 80.3 Å². The minimum atomic E-state index is -4.58. The van der Waals surface area contributed by atoms with Crippen LogP contribution in [0.5, 0.6) is 0 Å². The number of carbonyl (C=O) groups excluding carboxylic acids is 2. The van der Waals surface area contributed by atoms with Crippen LogP contribution in [0.2, 0.25) is 0 Å². The second kappa shape index (κ2) is 9.13. The van der Waals surface area contributed by atoms with Crippen LogP contribution in [0, 0.1) is 0 Å². The Morgan fingerprint density at radius 1 is 1.11 bits per heavy atom. The van der Waals surface area contributed by atoms with Gasteiger partial charge in [0.1, 0.15) is 5.69 Å². The summed E-state index contributed by atoms with van der Waals surface area (Å²) in [7, 11) is 1.47. The van der Waals surface area contributed by atoms with E-state index in [4.69, 9.17) is 4.74 Å². The van der Waals surface area contributed by atoms with Gasteiger partial charge < -0.3 is 15.4 Å². The highest BCUT2D eigenvalue weighted by molar-refractivity contribution is 6.39. The zero-order valence-electron chi connectivity index (χ0n) is 14.4. The van der Waals surface area contributed by atoms with E-state index in [9.17, 15) is 22.8 Å². The van der Waals surface area contributed by atoms with Crippen molar-refractivity contribution in [2.75, 3.05) is 19.0 Å². The summed E-state index contributed by atoms with van der Waals surface area (Å²) in [5, 5.41) is 4.76. The van der Waals surface area contributed by atoms with E-state index in [1.54, 1.807) is 0 Å². The molecule has 0 fully saturated rings. The fourth-order valence-electron chi connectivity index (χ4n) is 2.33. The zero-order valence-corrected chi connectivity index (χ0v) is 14.4. The van der Waals surface area contributed by atoms with Crippen molar-refractivity contribution in [3.63, 3.8) is 0 Å². The second-order valence-electron chi connectivity index (χ2n) is 5.70. The normalized spacial score (nSPS) is 12.3. The van der Waals surface area contributed by atoms with Gasteiger partial charge in [0.2, 0.25) is 0 Å². The fourth-order valence-corrected chi connectivity index (χ4v) is 2.33. The third-order valence-electron chi connectivity index (χ3n) is 3.55. The van der Waals surface area contributed by atoms with Crippen molar-refractivity contribution in [3.8, 4) is 0 Å². The number of benzene rings is 1. The number of amides is 2. The predicted octanol–water partition coefficient (Wildman–Crippen LogP) is 2.41. The molecule has 0 radical (unpaired) electrons. The van der Waals surface area contributed by atoms with Crippen molar-refractivity contribution in [1.82, 2.24) is 10.3 Å². The number of anilines is 1. The van der Waals surface area contributed by atoms with Crippen LogP contribution >= 0.6 is 0 Å². The molecule has 144 valence electrons. The first-order valence-electron chi connectivity index (χ1n) is 7.97. The lowest BCUT2D eigenvalue weighted by atomic mass is 10.1. The Hall–Kier alpha value is -2.94. The van der Waals surface area contributed by atoms with Crippen molar-refractivity contribution in [1.29, 1.82) is 0 Å². The number of hydrogen-bond donors (Lipinski definition) is 2. The Balaban J connectivity index is 1.95. The molecule has 1 aromatic heterocycles. The van der Waals surface area contributed by atoms with E-state index in [0.717, 1.165) is 23.9 Å². The maximum absolute atomic E-state index is 12.5. The summed E-state index contributed by atoms with van der Waals surface area (Å²) < 4.78 is 42.5. The lowest BCUT2D eigenvalue weighted by Crippen LogP contribution is -2.45. The molecule has 0 aliphatic heterocycles. The molecule has 1 unspecified atom stereocenters. The van der Waals surface area contributed by atoms with Gasteiger partial charge in [0.05, 0.1) is 24.5 Å². The van der Waals surface area contributed by atoms with Gasteiger partial charge in [-0.2, -0.15) is 13.2 Å². The Kier molecular flexibility index (Phi) is 6.89. The van der Waals surface area contributed by atoms with Gasteiger partial charge in [0, 0.05) is 7.11 Å². The molecular weight excluding hydrogens is 363 g/mol. The maximum Gasteiger partial charge on any atom is 0.433 e. The highest BCUT2D eigenvalue weighted by Crippen LogP contribution is 2.27. The quantitative estimate of drug-likeness (QED) is 0.753. The summed E-state index contributed by atoms with van der Waals surface area (Å²) in [5.41, 5.74) is -0.158. The van der Waals surface area contributed by atoms with Crippen LogP contribution in [0.25, 0.3) is 0 Å². The molecule has 1 heterocycles. The molecule has 0 spiro atoms. The van der Waals surface area contributed by atoms with Crippen molar-refractivity contribution < 1.29 is 27.5 Å². The van der Waals surface area contributed by atoms with Crippen LogP contribution < -0.4 is 10.6 Å². The number of carbonyl (C=O) groups is 2. The first-order chi connectivity index (χ1) is 12.8. The Morgan fingerprint density at radius 3 is 2.37 bits per heavy atom. The lowest BCUT2D eigenvalue weighted by Gasteiger charge is -2.18. The summed E-state index contributed by atoms with van der Waals surface area (Å²) in [6.45, 7) is 0.190. The molecule has 1 atom stereocenters. The van der Waals surface area contributed by atoms with E-state index >= 15 is 0 Å². The van der Waals surface area contributed by atoms with E-state index in [2.05, 4.69) is 15.6 Å². The number of nitrogens with one attached hydrogen (secondary N) is 2. The molecule has 2 rings (SSSR count). The van der Waals surface area contributed by atoms with Gasteiger partial charge in [-0.25, -0.2) is 4.98 Å². The van der Waals surface area contributed by atoms with Crippen molar-refractivity contribution in [3.05, 3.63) is 59.9 Å². The smallest absolute Gasteiger partial charge is 0.383 e. The van der Waals surface area contributed by atoms with E-state index in [1.165, 1.54) is 7.11 Å². The van der Waals surface area contributed by atoms with Crippen LogP contribution in [0.3, 0.4) is 0 Å². The number of nitrogens with zero attached hydrogens (tertiary/aromatic N) is 1. The molecule has 0 bridgehead atoms. The number of halogens is 3. The highest BCUT2D eigenvalue weighted by Gasteiger charge is 2.32. The Bertz CT molecular complexity index is 765. The number of pyridine rings is 1. The largest absolute Gasteiger partial charge is 0.433 e. The molecule has 0 saturated carbocycles. The third-order valence-corrected chi connectivity index (χ3v) is 3.55. The summed E-state index contributed by atoms with van der Waals surface area (Å²) in [4.78, 5) is 27.3. The standard InChI is InChI=1S/C18H18F3N3O3/c1-27-11-14(9-12-5-3-2-4-6-12)24-17(26)16(25)23-13-7-8-15(22-10-13)18(19,20)21/h2-8,10,14H,9,11H2,1H3,(H,23,25)(H,24,26). The fraction of sp³-hybridized carbons (Fsp3) is 0.278. The zero-order chi connectivity index (χ0) is 19.9. The van der Waals surface area contributed by atoms with Crippen molar-refractivity contribution >= 4 is 17.5 Å². The number of hydrogen-bond acceptors (Lipinski definition) is 4. The van der Waals surface area contributed by atoms with E-state index < -0.39 is 29.7 Å². The number of rotatable bonds is 6. The van der Waals surface area contributed by atoms with Crippen LogP contribution in [0.4, 0.5) is 18.9 Å². The predicted molar refractivity (Wildman–Crippen MR) is 91.8 cm³/mol. The first-order valence-corrected chi connectivity index (χ1v) is 7.97. The number of alkyl halides is 3. The summed E-state index contributed by atoms with van der Waals surface area (Å²) in [6.07, 6.45) is -3.29. The second-order valence-corrected chi connectivity index (χ2v) is 5.70. The highest BCUT2D eigenvalue weighted by atomic mass is 19.4. The molecule has 2 aromatic rings. The molecule has 2 amide bonds. The molecule has 27 heavy (non-hydrogen) atoms. The molecule has 6 nitrogen and oxygen atoms in total. The minimum Gasteiger partial charge on any atom is -0.383 e. The number of methoxy groups -OCH3 is 1. The molecule has 0 aliphatic carbocycles. The molecule has 9 heteroatoms. The van der Waals surface area contributed by atoms with Crippen molar-refractivity contribution in [2.45, 2.75) is 18.6 Å². The summed E-state index contributed by atoms with van der Waals surface area (Å²) >= 11 is 0. The van der Waals surface area contributed by atoms with Crippen LogP contribution in [-0.4, -0.2) is 36.6 Å². The van der Waals surface area contributed by atoms with Gasteiger partial charge in [0.15, 0.2) is 0 Å². The van der Waals surface area contributed by atoms with E-state index in [-0.39, 0.29) is 12.3 Å². The van der Waals surface area contributed by atoms with E-state index in [0.29, 0.717) is 6.42 Å². The van der Waals surface area contributed by atoms with E-state index in [1.807, 2.05) is 30.3 Å². The SMILES string of the molecule is COCC(Cc1ccccc1)NC(=O)C(=O)Nc1ccc(C(F)(F)F)nc1. The van der Waals surface area contributed by atoms with Gasteiger partial charge in [-0.05, 0) is 24.1 Å². The minimum absolute atomic E-state index is 0.0190. The molecule has 2 N–H and O–H groups in total. The average molecular weight is 381 g/mol. The monoisotopic (exact) mass is 381 g/mol. The lowest BCUT2D eigenvalue weighted by molar-refractivity contribution is -0.141. The third kappa shape index (κ3) is 6.37. The average Bonchev–Trinajstić information content (AvgIpc) is 2.62. The van der Waals surface area contributed by atoms with Crippen LogP contribution in [0.15, 0.2) is 48.7 Å². The first kappa shape index (κ1) is 20.4. The molecule has 0 saturated heterocycles. The molecule has 0 aliphatic rings. The van der Waals surface area contributed by atoms with Crippen LogP contribution in [-0.2, 0) is 26.9 Å². The molecule has 1 aromatic carbocycles. The number of ether oxygens (including phenoxy) is 1. The van der Waals surface area contributed by atoms with Crippen LogP contribution in [0.1, 0.15) is 11.3 Å². The van der Waals surface area contributed by atoms with Gasteiger partial charge in [-0.15, -0.1) is 0 Å². The summed E-state index contributed by atoms with van der Waals surface area (Å²) in [6, 6.07) is 10.6. The van der Waals surface area contributed by atoms with Crippen molar-refractivity contribution in [2.24, 2.45) is 0 Å². The van der Waals surface area contributed by atoms with Gasteiger partial charge >= 0.3 is 18.0 Å². The Morgan fingerprint density at radius 2 is 1.81 bits per heavy atom. The molecular formula is C18H18F3N3O3. The van der Waals surface area contributed by atoms with Gasteiger partial charge in [-0.1, -0.05) is 30.3 Å². The number of aromatic nitrogens is 1. The van der Waals surface area contributed by atoms with Gasteiger partial charge in [-0.3, -0.25) is 9.59 Å². The summed E-state index contributed by atoms with van der Waals surface area (Å²) in [5.74, 6) is -1.93. The Labute approximate surface area is 153 Å².